The van der Waals surface area contributed by atoms with Gasteiger partial charge in [-0.05, 0) is 35.4 Å². The minimum atomic E-state index is 0.517. The molecule has 0 N–H and O–H groups in total. The molecule has 0 bridgehead atoms. The molecule has 5 heteroatoms. The second kappa shape index (κ2) is 9.25. The first kappa shape index (κ1) is 22.4. The number of fused-ring (bicyclic) bond motifs is 3. The van der Waals surface area contributed by atoms with Gasteiger partial charge in [0, 0.05) is 27.5 Å². The van der Waals surface area contributed by atoms with Gasteiger partial charge in [-0.15, -0.1) is 0 Å². The Balaban J connectivity index is 1.45. The molecule has 0 amide bonds. The number of halogens is 1. The summed E-state index contributed by atoms with van der Waals surface area (Å²) in [6.45, 7) is 0. The third-order valence-electron chi connectivity index (χ3n) is 6.63. The Bertz CT molecular complexity index is 1870. The van der Waals surface area contributed by atoms with Gasteiger partial charge in [-0.2, -0.15) is 0 Å². The van der Waals surface area contributed by atoms with E-state index in [0.29, 0.717) is 22.5 Å². The van der Waals surface area contributed by atoms with Gasteiger partial charge >= 0.3 is 0 Å². The number of nitrogens with zero attached hydrogens (tertiary/aromatic N) is 3. The first-order valence-corrected chi connectivity index (χ1v) is 12.7. The van der Waals surface area contributed by atoms with Crippen molar-refractivity contribution in [2.75, 3.05) is 0 Å². The van der Waals surface area contributed by atoms with Crippen LogP contribution >= 0.6 is 11.6 Å². The van der Waals surface area contributed by atoms with E-state index in [2.05, 4.69) is 24.3 Å². The minimum Gasteiger partial charge on any atom is -0.456 e. The van der Waals surface area contributed by atoms with Gasteiger partial charge < -0.3 is 4.42 Å². The quantitative estimate of drug-likeness (QED) is 0.237. The number of para-hydroxylation sites is 1. The van der Waals surface area contributed by atoms with Crippen LogP contribution in [0.2, 0.25) is 5.02 Å². The van der Waals surface area contributed by atoms with E-state index in [1.807, 2.05) is 97.1 Å². The molecule has 0 atom stereocenters. The minimum absolute atomic E-state index is 0.517. The van der Waals surface area contributed by atoms with Crippen LogP contribution in [0.15, 0.2) is 126 Å². The van der Waals surface area contributed by atoms with E-state index in [4.69, 9.17) is 31.0 Å². The SMILES string of the molecule is Clc1cccc(-c2ccc3c(c2)oc2ccccc23)c1-c1nc(-c2ccccc2)nc(-c2ccccc2)n1. The number of hydrogen-bond acceptors (Lipinski definition) is 4. The molecule has 2 heterocycles. The zero-order valence-corrected chi connectivity index (χ0v) is 20.9. The first-order chi connectivity index (χ1) is 18.7. The maximum Gasteiger partial charge on any atom is 0.166 e. The van der Waals surface area contributed by atoms with E-state index in [1.54, 1.807) is 0 Å². The number of aromatic nitrogens is 3. The summed E-state index contributed by atoms with van der Waals surface area (Å²) < 4.78 is 6.17. The summed E-state index contributed by atoms with van der Waals surface area (Å²) in [6.07, 6.45) is 0. The Kier molecular flexibility index (Phi) is 5.46. The molecule has 0 saturated heterocycles. The van der Waals surface area contributed by atoms with E-state index in [1.165, 1.54) is 0 Å². The van der Waals surface area contributed by atoms with E-state index in [0.717, 1.165) is 49.8 Å². The monoisotopic (exact) mass is 509 g/mol. The summed E-state index contributed by atoms with van der Waals surface area (Å²) in [7, 11) is 0. The molecule has 0 radical (unpaired) electrons. The van der Waals surface area contributed by atoms with Gasteiger partial charge in [0.1, 0.15) is 11.2 Å². The van der Waals surface area contributed by atoms with E-state index in [9.17, 15) is 0 Å². The lowest BCUT2D eigenvalue weighted by Gasteiger charge is -2.13. The van der Waals surface area contributed by atoms with Crippen LogP contribution in [-0.2, 0) is 0 Å². The fourth-order valence-electron chi connectivity index (χ4n) is 4.81. The Morgan fingerprint density at radius 3 is 1.79 bits per heavy atom. The van der Waals surface area contributed by atoms with Crippen molar-refractivity contribution in [1.29, 1.82) is 0 Å². The molecule has 38 heavy (non-hydrogen) atoms. The maximum absolute atomic E-state index is 6.87. The van der Waals surface area contributed by atoms with Gasteiger partial charge in [-0.1, -0.05) is 109 Å². The number of benzene rings is 5. The lowest BCUT2D eigenvalue weighted by atomic mass is 9.97. The van der Waals surface area contributed by atoms with Crippen LogP contribution in [0.5, 0.6) is 0 Å². The average molecular weight is 510 g/mol. The van der Waals surface area contributed by atoms with Crippen LogP contribution in [0.1, 0.15) is 0 Å². The second-order valence-corrected chi connectivity index (χ2v) is 9.42. The molecule has 0 aliphatic carbocycles. The van der Waals surface area contributed by atoms with Gasteiger partial charge in [0.05, 0.1) is 5.02 Å². The van der Waals surface area contributed by atoms with Gasteiger partial charge in [-0.3, -0.25) is 0 Å². The zero-order valence-electron chi connectivity index (χ0n) is 20.2. The zero-order chi connectivity index (χ0) is 25.5. The molecule has 0 aliphatic rings. The molecule has 0 saturated carbocycles. The molecule has 0 unspecified atom stereocenters. The Hall–Kier alpha value is -4.80. The largest absolute Gasteiger partial charge is 0.456 e. The van der Waals surface area contributed by atoms with E-state index in [-0.39, 0.29) is 0 Å². The normalized spacial score (nSPS) is 11.3. The fourth-order valence-corrected chi connectivity index (χ4v) is 5.06. The van der Waals surface area contributed by atoms with Crippen LogP contribution in [-0.4, -0.2) is 15.0 Å². The van der Waals surface area contributed by atoms with Gasteiger partial charge in [-0.25, -0.2) is 15.0 Å². The molecule has 7 rings (SSSR count). The molecule has 5 aromatic carbocycles. The van der Waals surface area contributed by atoms with Crippen molar-refractivity contribution in [3.05, 3.63) is 126 Å². The van der Waals surface area contributed by atoms with Crippen molar-refractivity contribution >= 4 is 33.5 Å². The number of hydrogen-bond donors (Lipinski definition) is 0. The Morgan fingerprint density at radius 2 is 1.08 bits per heavy atom. The molecule has 0 spiro atoms. The summed E-state index contributed by atoms with van der Waals surface area (Å²) >= 11 is 6.87. The topological polar surface area (TPSA) is 51.8 Å². The highest BCUT2D eigenvalue weighted by molar-refractivity contribution is 6.34. The third kappa shape index (κ3) is 3.92. The van der Waals surface area contributed by atoms with Crippen molar-refractivity contribution in [2.24, 2.45) is 0 Å². The summed E-state index contributed by atoms with van der Waals surface area (Å²) in [6, 6.07) is 40.0. The Morgan fingerprint density at radius 1 is 0.474 bits per heavy atom. The fraction of sp³-hybridized carbons (Fsp3) is 0. The molecule has 0 aliphatic heterocycles. The predicted octanol–water partition coefficient (Wildman–Crippen LogP) is 9.09. The molecular formula is C33H20ClN3O. The highest BCUT2D eigenvalue weighted by Crippen LogP contribution is 2.39. The molecular weight excluding hydrogens is 490 g/mol. The lowest BCUT2D eigenvalue weighted by molar-refractivity contribution is 0.669. The second-order valence-electron chi connectivity index (χ2n) is 9.01. The van der Waals surface area contributed by atoms with Crippen LogP contribution in [0.3, 0.4) is 0 Å². The van der Waals surface area contributed by atoms with Crippen molar-refractivity contribution in [3.8, 4) is 45.3 Å². The van der Waals surface area contributed by atoms with Crippen molar-refractivity contribution in [3.63, 3.8) is 0 Å². The summed E-state index contributed by atoms with van der Waals surface area (Å²) in [5, 5.41) is 2.74. The number of rotatable bonds is 4. The van der Waals surface area contributed by atoms with Gasteiger partial charge in [0.25, 0.3) is 0 Å². The highest BCUT2D eigenvalue weighted by Gasteiger charge is 2.19. The van der Waals surface area contributed by atoms with E-state index < -0.39 is 0 Å². The predicted molar refractivity (Wildman–Crippen MR) is 154 cm³/mol. The summed E-state index contributed by atoms with van der Waals surface area (Å²) in [5.41, 5.74) is 6.14. The van der Waals surface area contributed by atoms with Crippen LogP contribution < -0.4 is 0 Å². The maximum atomic E-state index is 6.87. The number of furan rings is 1. The first-order valence-electron chi connectivity index (χ1n) is 12.3. The molecule has 2 aromatic heterocycles. The van der Waals surface area contributed by atoms with Crippen molar-refractivity contribution in [1.82, 2.24) is 15.0 Å². The average Bonchev–Trinajstić information content (AvgIpc) is 3.35. The summed E-state index contributed by atoms with van der Waals surface area (Å²) in [4.78, 5) is 14.6. The van der Waals surface area contributed by atoms with Crippen molar-refractivity contribution in [2.45, 2.75) is 0 Å². The standard InChI is InChI=1S/C33H20ClN3O/c34-27-16-9-15-24(23-18-19-26-25-14-7-8-17-28(25)38-29(26)20-23)30(27)33-36-31(21-10-3-1-4-11-21)35-32(37-33)22-12-5-2-6-13-22/h1-20H. The van der Waals surface area contributed by atoms with Crippen LogP contribution in [0.4, 0.5) is 0 Å². The molecule has 0 fully saturated rings. The highest BCUT2D eigenvalue weighted by atomic mass is 35.5. The van der Waals surface area contributed by atoms with Crippen LogP contribution in [0.25, 0.3) is 67.2 Å². The molecule has 7 aromatic rings. The van der Waals surface area contributed by atoms with E-state index >= 15 is 0 Å². The van der Waals surface area contributed by atoms with Crippen molar-refractivity contribution < 1.29 is 4.42 Å². The van der Waals surface area contributed by atoms with Crippen LogP contribution in [0, 0.1) is 0 Å². The molecule has 180 valence electrons. The van der Waals surface area contributed by atoms with Gasteiger partial charge in [0.15, 0.2) is 17.5 Å². The Labute approximate surface area is 224 Å². The third-order valence-corrected chi connectivity index (χ3v) is 6.94. The molecule has 4 nitrogen and oxygen atoms in total. The summed E-state index contributed by atoms with van der Waals surface area (Å²) in [5.74, 6) is 1.70. The lowest BCUT2D eigenvalue weighted by Crippen LogP contribution is -2.01. The van der Waals surface area contributed by atoms with Gasteiger partial charge in [0.2, 0.25) is 0 Å². The smallest absolute Gasteiger partial charge is 0.166 e.